The molecule has 0 radical (unpaired) electrons. The minimum atomic E-state index is -1.36. The van der Waals surface area contributed by atoms with E-state index < -0.39 is 23.5 Å². The van der Waals surface area contributed by atoms with Crippen molar-refractivity contribution in [2.45, 2.75) is 25.5 Å². The predicted octanol–water partition coefficient (Wildman–Crippen LogP) is 2.64. The van der Waals surface area contributed by atoms with Gasteiger partial charge >= 0.3 is 5.97 Å². The second kappa shape index (κ2) is 8.44. The molecular weight excluding hydrogens is 318 g/mol. The molecule has 0 bridgehead atoms. The molecule has 25 heavy (non-hydrogen) atoms. The highest BCUT2D eigenvalue weighted by atomic mass is 16.5. The first kappa shape index (κ1) is 18.7. The SMILES string of the molecule is CCOC(=O)C(C)NC(=O)C(OC)(c1ccccc1)c1ccccc1. The lowest BCUT2D eigenvalue weighted by atomic mass is 9.85. The van der Waals surface area contributed by atoms with E-state index in [9.17, 15) is 9.59 Å². The van der Waals surface area contributed by atoms with E-state index >= 15 is 0 Å². The zero-order valence-electron chi connectivity index (χ0n) is 14.7. The van der Waals surface area contributed by atoms with Gasteiger partial charge in [0.05, 0.1) is 6.61 Å². The first-order valence-electron chi connectivity index (χ1n) is 8.20. The Kier molecular flexibility index (Phi) is 6.31. The maximum absolute atomic E-state index is 13.2. The number of hydrogen-bond acceptors (Lipinski definition) is 4. The number of ether oxygens (including phenoxy) is 2. The number of methoxy groups -OCH3 is 1. The number of nitrogens with one attached hydrogen (secondary N) is 1. The van der Waals surface area contributed by atoms with E-state index in [-0.39, 0.29) is 6.61 Å². The molecule has 2 aromatic carbocycles. The molecule has 0 saturated carbocycles. The quantitative estimate of drug-likeness (QED) is 0.787. The Morgan fingerprint density at radius 2 is 1.48 bits per heavy atom. The summed E-state index contributed by atoms with van der Waals surface area (Å²) >= 11 is 0. The molecule has 5 heteroatoms. The second-order valence-electron chi connectivity index (χ2n) is 5.56. The average molecular weight is 341 g/mol. The summed E-state index contributed by atoms with van der Waals surface area (Å²) in [6.07, 6.45) is 0. The van der Waals surface area contributed by atoms with Crippen molar-refractivity contribution in [3.05, 3.63) is 71.8 Å². The summed E-state index contributed by atoms with van der Waals surface area (Å²) in [6, 6.07) is 17.6. The molecule has 132 valence electrons. The molecular formula is C20H23NO4. The number of amides is 1. The average Bonchev–Trinajstić information content (AvgIpc) is 2.65. The van der Waals surface area contributed by atoms with Gasteiger partial charge in [0, 0.05) is 7.11 Å². The van der Waals surface area contributed by atoms with Crippen LogP contribution in [-0.2, 0) is 24.7 Å². The fraction of sp³-hybridized carbons (Fsp3) is 0.300. The van der Waals surface area contributed by atoms with Crippen molar-refractivity contribution in [2.24, 2.45) is 0 Å². The first-order valence-corrected chi connectivity index (χ1v) is 8.20. The lowest BCUT2D eigenvalue weighted by molar-refractivity contribution is -0.150. The summed E-state index contributed by atoms with van der Waals surface area (Å²) in [5, 5.41) is 2.71. The smallest absolute Gasteiger partial charge is 0.328 e. The Balaban J connectivity index is 2.45. The van der Waals surface area contributed by atoms with Gasteiger partial charge in [0.15, 0.2) is 5.60 Å². The van der Waals surface area contributed by atoms with Crippen molar-refractivity contribution in [2.75, 3.05) is 13.7 Å². The van der Waals surface area contributed by atoms with E-state index in [0.29, 0.717) is 11.1 Å². The number of carbonyl (C=O) groups is 2. The van der Waals surface area contributed by atoms with Crippen LogP contribution in [0.5, 0.6) is 0 Å². The van der Waals surface area contributed by atoms with Gasteiger partial charge in [0.25, 0.3) is 5.91 Å². The van der Waals surface area contributed by atoms with E-state index in [0.717, 1.165) is 0 Å². The van der Waals surface area contributed by atoms with Gasteiger partial charge < -0.3 is 14.8 Å². The monoisotopic (exact) mass is 341 g/mol. The minimum Gasteiger partial charge on any atom is -0.464 e. The van der Waals surface area contributed by atoms with Gasteiger partial charge in [-0.1, -0.05) is 60.7 Å². The predicted molar refractivity (Wildman–Crippen MR) is 94.9 cm³/mol. The van der Waals surface area contributed by atoms with E-state index in [1.165, 1.54) is 7.11 Å². The van der Waals surface area contributed by atoms with Crippen molar-refractivity contribution in [3.8, 4) is 0 Å². The second-order valence-corrected chi connectivity index (χ2v) is 5.56. The number of benzene rings is 2. The van der Waals surface area contributed by atoms with Crippen molar-refractivity contribution in [1.82, 2.24) is 5.32 Å². The van der Waals surface area contributed by atoms with Crippen LogP contribution in [0.15, 0.2) is 60.7 Å². The van der Waals surface area contributed by atoms with Gasteiger partial charge in [-0.3, -0.25) is 4.79 Å². The Hall–Kier alpha value is -2.66. The number of carbonyl (C=O) groups excluding carboxylic acids is 2. The number of hydrogen-bond donors (Lipinski definition) is 1. The van der Waals surface area contributed by atoms with Gasteiger partial charge in [-0.05, 0) is 25.0 Å². The standard InChI is InChI=1S/C20H23NO4/c1-4-25-18(22)15(2)21-19(23)20(24-3,16-11-7-5-8-12-16)17-13-9-6-10-14-17/h5-15H,4H2,1-3H3,(H,21,23). The highest BCUT2D eigenvalue weighted by molar-refractivity contribution is 5.93. The number of rotatable bonds is 7. The van der Waals surface area contributed by atoms with Gasteiger partial charge in [0.1, 0.15) is 6.04 Å². The zero-order chi connectivity index (χ0) is 18.3. The zero-order valence-corrected chi connectivity index (χ0v) is 14.7. The molecule has 5 nitrogen and oxygen atoms in total. The molecule has 0 fully saturated rings. The highest BCUT2D eigenvalue weighted by Crippen LogP contribution is 2.33. The molecule has 1 amide bonds. The molecule has 2 aromatic rings. The van der Waals surface area contributed by atoms with Gasteiger partial charge in [-0.15, -0.1) is 0 Å². The Bertz CT molecular complexity index is 661. The summed E-state index contributed by atoms with van der Waals surface area (Å²) in [4.78, 5) is 25.1. The van der Waals surface area contributed by atoms with Crippen LogP contribution in [0.1, 0.15) is 25.0 Å². The fourth-order valence-corrected chi connectivity index (χ4v) is 2.73. The van der Waals surface area contributed by atoms with E-state index in [2.05, 4.69) is 5.32 Å². The third-order valence-electron chi connectivity index (χ3n) is 3.97. The largest absolute Gasteiger partial charge is 0.464 e. The van der Waals surface area contributed by atoms with Crippen LogP contribution in [0.2, 0.25) is 0 Å². The van der Waals surface area contributed by atoms with Crippen molar-refractivity contribution in [1.29, 1.82) is 0 Å². The molecule has 0 aliphatic rings. The highest BCUT2D eigenvalue weighted by Gasteiger charge is 2.43. The molecule has 0 aliphatic heterocycles. The van der Waals surface area contributed by atoms with Crippen LogP contribution in [0.4, 0.5) is 0 Å². The molecule has 0 aliphatic carbocycles. The molecule has 2 rings (SSSR count). The van der Waals surface area contributed by atoms with Crippen molar-refractivity contribution < 1.29 is 19.1 Å². The van der Waals surface area contributed by atoms with Crippen molar-refractivity contribution >= 4 is 11.9 Å². The van der Waals surface area contributed by atoms with Crippen LogP contribution >= 0.6 is 0 Å². The molecule has 1 atom stereocenters. The third kappa shape index (κ3) is 3.88. The van der Waals surface area contributed by atoms with Crippen LogP contribution in [-0.4, -0.2) is 31.6 Å². The maximum atomic E-state index is 13.2. The first-order chi connectivity index (χ1) is 12.1. The fourth-order valence-electron chi connectivity index (χ4n) is 2.73. The van der Waals surface area contributed by atoms with Gasteiger partial charge in [-0.25, -0.2) is 4.79 Å². The van der Waals surface area contributed by atoms with Crippen LogP contribution in [0.25, 0.3) is 0 Å². The molecule has 0 aromatic heterocycles. The molecule has 1 unspecified atom stereocenters. The van der Waals surface area contributed by atoms with Gasteiger partial charge in [-0.2, -0.15) is 0 Å². The topological polar surface area (TPSA) is 64.6 Å². The summed E-state index contributed by atoms with van der Waals surface area (Å²) in [5.41, 5.74) is -0.00183. The summed E-state index contributed by atoms with van der Waals surface area (Å²) in [5.74, 6) is -0.907. The van der Waals surface area contributed by atoms with E-state index in [1.807, 2.05) is 60.7 Å². The molecule has 0 heterocycles. The molecule has 1 N–H and O–H groups in total. The van der Waals surface area contributed by atoms with Crippen LogP contribution in [0.3, 0.4) is 0 Å². The Morgan fingerprint density at radius 3 is 1.88 bits per heavy atom. The number of esters is 1. The Morgan fingerprint density at radius 1 is 1.00 bits per heavy atom. The third-order valence-corrected chi connectivity index (χ3v) is 3.97. The molecule has 0 saturated heterocycles. The summed E-state index contributed by atoms with van der Waals surface area (Å²) < 4.78 is 10.7. The van der Waals surface area contributed by atoms with Crippen molar-refractivity contribution in [3.63, 3.8) is 0 Å². The van der Waals surface area contributed by atoms with Gasteiger partial charge in [0.2, 0.25) is 0 Å². The summed E-state index contributed by atoms with van der Waals surface area (Å²) in [6.45, 7) is 3.57. The lowest BCUT2D eigenvalue weighted by Gasteiger charge is -2.33. The minimum absolute atomic E-state index is 0.256. The van der Waals surface area contributed by atoms with Crippen LogP contribution in [0, 0.1) is 0 Å². The van der Waals surface area contributed by atoms with E-state index in [1.54, 1.807) is 13.8 Å². The Labute approximate surface area is 148 Å². The molecule has 0 spiro atoms. The van der Waals surface area contributed by atoms with Crippen LogP contribution < -0.4 is 5.32 Å². The summed E-state index contributed by atoms with van der Waals surface area (Å²) in [7, 11) is 1.48. The maximum Gasteiger partial charge on any atom is 0.328 e. The lowest BCUT2D eigenvalue weighted by Crippen LogP contribution is -2.51. The normalized spacial score (nSPS) is 12.3. The van der Waals surface area contributed by atoms with E-state index in [4.69, 9.17) is 9.47 Å².